The lowest BCUT2D eigenvalue weighted by Gasteiger charge is -2.02. The van der Waals surface area contributed by atoms with Gasteiger partial charge in [-0.2, -0.15) is 0 Å². The first-order valence-electron chi connectivity index (χ1n) is 4.36. The molecule has 0 aliphatic heterocycles. The summed E-state index contributed by atoms with van der Waals surface area (Å²) in [7, 11) is 1.93. The molecule has 14 heavy (non-hydrogen) atoms. The Bertz CT molecular complexity index is 394. The van der Waals surface area contributed by atoms with Crippen LogP contribution in [-0.4, -0.2) is 17.2 Å². The zero-order valence-electron chi connectivity index (χ0n) is 8.02. The first kappa shape index (κ1) is 9.76. The highest BCUT2D eigenvalue weighted by molar-refractivity contribution is 7.20. The summed E-state index contributed by atoms with van der Waals surface area (Å²) >= 11 is 3.35. The van der Waals surface area contributed by atoms with Gasteiger partial charge in [0.2, 0.25) is 0 Å². The molecule has 1 atom stereocenters. The quantitative estimate of drug-likeness (QED) is 0.872. The van der Waals surface area contributed by atoms with Crippen LogP contribution in [0, 0.1) is 0 Å². The van der Waals surface area contributed by atoms with Gasteiger partial charge in [0.05, 0.1) is 10.9 Å². The second-order valence-electron chi connectivity index (χ2n) is 2.93. The number of rotatable bonds is 3. The van der Waals surface area contributed by atoms with E-state index in [0.717, 1.165) is 10.0 Å². The van der Waals surface area contributed by atoms with E-state index in [-0.39, 0.29) is 6.04 Å². The molecule has 0 fully saturated rings. The van der Waals surface area contributed by atoms with E-state index in [1.54, 1.807) is 22.7 Å². The van der Waals surface area contributed by atoms with Crippen LogP contribution in [0.5, 0.6) is 0 Å². The average molecular weight is 225 g/mol. The van der Waals surface area contributed by atoms with E-state index in [1.807, 2.05) is 13.1 Å². The fraction of sp³-hybridized carbons (Fsp3) is 0.333. The second-order valence-corrected chi connectivity index (χ2v) is 4.89. The molecule has 0 aliphatic rings. The van der Waals surface area contributed by atoms with Crippen LogP contribution in [0.15, 0.2) is 17.5 Å². The fourth-order valence-corrected chi connectivity index (χ4v) is 2.73. The molecule has 2 aromatic heterocycles. The number of nitrogens with zero attached hydrogens (tertiary/aromatic N) is 2. The number of hydrogen-bond donors (Lipinski definition) is 1. The van der Waals surface area contributed by atoms with Gasteiger partial charge in [-0.3, -0.25) is 0 Å². The molecule has 0 amide bonds. The van der Waals surface area contributed by atoms with Crippen LogP contribution in [0.3, 0.4) is 0 Å². The Morgan fingerprint density at radius 1 is 1.43 bits per heavy atom. The number of aromatic nitrogens is 2. The van der Waals surface area contributed by atoms with Crippen molar-refractivity contribution in [2.45, 2.75) is 13.0 Å². The maximum Gasteiger partial charge on any atom is 0.157 e. The zero-order valence-corrected chi connectivity index (χ0v) is 9.65. The minimum atomic E-state index is 0.279. The van der Waals surface area contributed by atoms with Gasteiger partial charge in [-0.1, -0.05) is 17.4 Å². The lowest BCUT2D eigenvalue weighted by molar-refractivity contribution is 0.640. The predicted octanol–water partition coefficient (Wildman–Crippen LogP) is 2.55. The van der Waals surface area contributed by atoms with Gasteiger partial charge in [0.15, 0.2) is 5.01 Å². The van der Waals surface area contributed by atoms with Crippen LogP contribution in [-0.2, 0) is 0 Å². The molecule has 0 bridgehead atoms. The first-order chi connectivity index (χ1) is 6.81. The summed E-state index contributed by atoms with van der Waals surface area (Å²) in [5, 5.41) is 15.6. The first-order valence-corrected chi connectivity index (χ1v) is 6.05. The molecule has 0 saturated carbocycles. The minimum Gasteiger partial charge on any atom is -0.311 e. The van der Waals surface area contributed by atoms with Crippen molar-refractivity contribution < 1.29 is 0 Å². The van der Waals surface area contributed by atoms with E-state index in [4.69, 9.17) is 0 Å². The molecule has 5 heteroatoms. The molecule has 2 heterocycles. The molecule has 1 N–H and O–H groups in total. The van der Waals surface area contributed by atoms with Crippen molar-refractivity contribution in [1.82, 2.24) is 15.5 Å². The third-order valence-corrected chi connectivity index (χ3v) is 4.12. The Morgan fingerprint density at radius 2 is 2.29 bits per heavy atom. The van der Waals surface area contributed by atoms with E-state index < -0.39 is 0 Å². The second kappa shape index (κ2) is 4.16. The zero-order chi connectivity index (χ0) is 9.97. The van der Waals surface area contributed by atoms with Crippen LogP contribution in [0.25, 0.3) is 9.88 Å². The molecule has 2 aromatic rings. The van der Waals surface area contributed by atoms with Gasteiger partial charge in [0.1, 0.15) is 5.01 Å². The van der Waals surface area contributed by atoms with Crippen LogP contribution in [0.1, 0.15) is 18.0 Å². The van der Waals surface area contributed by atoms with E-state index >= 15 is 0 Å². The number of hydrogen-bond acceptors (Lipinski definition) is 5. The molecule has 0 radical (unpaired) electrons. The van der Waals surface area contributed by atoms with E-state index in [2.05, 4.69) is 33.9 Å². The van der Waals surface area contributed by atoms with Crippen molar-refractivity contribution in [3.8, 4) is 9.88 Å². The summed E-state index contributed by atoms with van der Waals surface area (Å²) in [6.07, 6.45) is 0. The smallest absolute Gasteiger partial charge is 0.157 e. The highest BCUT2D eigenvalue weighted by atomic mass is 32.1. The summed E-state index contributed by atoms with van der Waals surface area (Å²) in [5.41, 5.74) is 0. The van der Waals surface area contributed by atoms with Crippen LogP contribution < -0.4 is 5.32 Å². The molecule has 0 saturated heterocycles. The molecule has 0 aliphatic carbocycles. The number of thiophene rings is 1. The molecular weight excluding hydrogens is 214 g/mol. The van der Waals surface area contributed by atoms with Gasteiger partial charge in [0.25, 0.3) is 0 Å². The van der Waals surface area contributed by atoms with Gasteiger partial charge >= 0.3 is 0 Å². The van der Waals surface area contributed by atoms with Crippen molar-refractivity contribution in [3.05, 3.63) is 22.5 Å². The fourth-order valence-electron chi connectivity index (χ4n) is 1.03. The summed E-state index contributed by atoms with van der Waals surface area (Å²) < 4.78 is 0. The standard InChI is InChI=1S/C9H11N3S2/c1-6(10-2)8-11-12-9(14-8)7-4-3-5-13-7/h3-6,10H,1-2H3. The molecule has 3 nitrogen and oxygen atoms in total. The van der Waals surface area contributed by atoms with Crippen LogP contribution in [0.2, 0.25) is 0 Å². The van der Waals surface area contributed by atoms with Crippen LogP contribution in [0.4, 0.5) is 0 Å². The largest absolute Gasteiger partial charge is 0.311 e. The molecule has 74 valence electrons. The Balaban J connectivity index is 2.26. The molecule has 0 aromatic carbocycles. The molecular formula is C9H11N3S2. The maximum absolute atomic E-state index is 4.17. The maximum atomic E-state index is 4.17. The Kier molecular flexibility index (Phi) is 2.90. The van der Waals surface area contributed by atoms with Crippen molar-refractivity contribution in [3.63, 3.8) is 0 Å². The summed E-state index contributed by atoms with van der Waals surface area (Å²) in [4.78, 5) is 1.19. The molecule has 2 rings (SSSR count). The summed E-state index contributed by atoms with van der Waals surface area (Å²) in [5.74, 6) is 0. The van der Waals surface area contributed by atoms with Gasteiger partial charge in [0, 0.05) is 0 Å². The topological polar surface area (TPSA) is 37.8 Å². The summed E-state index contributed by atoms with van der Waals surface area (Å²) in [6, 6.07) is 4.38. The van der Waals surface area contributed by atoms with Gasteiger partial charge in [-0.05, 0) is 25.4 Å². The van der Waals surface area contributed by atoms with Gasteiger partial charge in [-0.25, -0.2) is 0 Å². The number of nitrogens with one attached hydrogen (secondary N) is 1. The highest BCUT2D eigenvalue weighted by Crippen LogP contribution is 2.29. The monoisotopic (exact) mass is 225 g/mol. The highest BCUT2D eigenvalue weighted by Gasteiger charge is 2.11. The SMILES string of the molecule is CNC(C)c1nnc(-c2cccs2)s1. The lowest BCUT2D eigenvalue weighted by atomic mass is 10.4. The van der Waals surface area contributed by atoms with E-state index in [1.165, 1.54) is 4.88 Å². The summed E-state index contributed by atoms with van der Waals surface area (Å²) in [6.45, 7) is 2.08. The van der Waals surface area contributed by atoms with E-state index in [0.29, 0.717) is 0 Å². The molecule has 0 spiro atoms. The minimum absolute atomic E-state index is 0.279. The third-order valence-electron chi connectivity index (χ3n) is 1.98. The lowest BCUT2D eigenvalue weighted by Crippen LogP contribution is -2.11. The van der Waals surface area contributed by atoms with Gasteiger partial charge in [-0.15, -0.1) is 21.5 Å². The Hall–Kier alpha value is -0.780. The van der Waals surface area contributed by atoms with Crippen molar-refractivity contribution in [1.29, 1.82) is 0 Å². The van der Waals surface area contributed by atoms with Crippen molar-refractivity contribution >= 4 is 22.7 Å². The average Bonchev–Trinajstić information content (AvgIpc) is 2.86. The third kappa shape index (κ3) is 1.84. The molecule has 1 unspecified atom stereocenters. The van der Waals surface area contributed by atoms with Crippen molar-refractivity contribution in [2.24, 2.45) is 0 Å². The van der Waals surface area contributed by atoms with Crippen LogP contribution >= 0.6 is 22.7 Å². The van der Waals surface area contributed by atoms with E-state index in [9.17, 15) is 0 Å². The normalized spacial score (nSPS) is 13.0. The predicted molar refractivity (Wildman–Crippen MR) is 60.7 cm³/mol. The Morgan fingerprint density at radius 3 is 2.93 bits per heavy atom. The van der Waals surface area contributed by atoms with Crippen molar-refractivity contribution in [2.75, 3.05) is 7.05 Å². The van der Waals surface area contributed by atoms with Gasteiger partial charge < -0.3 is 5.32 Å². The Labute approximate surface area is 90.8 Å².